The van der Waals surface area contributed by atoms with E-state index in [1.807, 2.05) is 19.1 Å². The Kier molecular flexibility index (Phi) is 5.96. The van der Waals surface area contributed by atoms with Gasteiger partial charge >= 0.3 is 0 Å². The first-order valence-corrected chi connectivity index (χ1v) is 9.76. The van der Waals surface area contributed by atoms with Crippen LogP contribution in [0.15, 0.2) is 53.7 Å². The maximum absolute atomic E-state index is 12.8. The molecule has 3 aromatic rings. The molecular formula is C21H23N3O2S. The summed E-state index contributed by atoms with van der Waals surface area (Å²) < 4.78 is 7.20. The summed E-state index contributed by atoms with van der Waals surface area (Å²) in [7, 11) is 1.61. The third-order valence-corrected chi connectivity index (χ3v) is 5.42. The number of carbonyl (C=O) groups excluding carboxylic acids is 1. The lowest BCUT2D eigenvalue weighted by molar-refractivity contribution is 0.0994. The fourth-order valence-electron chi connectivity index (χ4n) is 2.86. The summed E-state index contributed by atoms with van der Waals surface area (Å²) in [5.41, 5.74) is 2.87. The molecule has 3 rings (SSSR count). The van der Waals surface area contributed by atoms with E-state index < -0.39 is 0 Å². The number of thioether (sulfide) groups is 1. The summed E-state index contributed by atoms with van der Waals surface area (Å²) in [5.74, 6) is 1.62. The van der Waals surface area contributed by atoms with Crippen LogP contribution in [-0.2, 0) is 6.54 Å². The summed E-state index contributed by atoms with van der Waals surface area (Å²) in [4.78, 5) is 12.8. The summed E-state index contributed by atoms with van der Waals surface area (Å²) in [5, 5.41) is 9.20. The van der Waals surface area contributed by atoms with E-state index in [1.54, 1.807) is 31.4 Å². The zero-order valence-corrected chi connectivity index (χ0v) is 16.8. The topological polar surface area (TPSA) is 57.0 Å². The van der Waals surface area contributed by atoms with E-state index in [1.165, 1.54) is 17.3 Å². The van der Waals surface area contributed by atoms with Crippen LogP contribution in [0.2, 0.25) is 0 Å². The first-order valence-electron chi connectivity index (χ1n) is 8.88. The van der Waals surface area contributed by atoms with Crippen LogP contribution in [0.5, 0.6) is 5.75 Å². The third kappa shape index (κ3) is 4.22. The van der Waals surface area contributed by atoms with Crippen molar-refractivity contribution in [2.45, 2.75) is 37.7 Å². The minimum absolute atomic E-state index is 0.0606. The minimum Gasteiger partial charge on any atom is -0.497 e. The number of benzene rings is 2. The predicted molar refractivity (Wildman–Crippen MR) is 109 cm³/mol. The number of nitrogens with zero attached hydrogens (tertiary/aromatic N) is 3. The van der Waals surface area contributed by atoms with E-state index in [4.69, 9.17) is 4.74 Å². The highest BCUT2D eigenvalue weighted by molar-refractivity contribution is 8.00. The molecule has 0 fully saturated rings. The Labute approximate surface area is 163 Å². The second-order valence-corrected chi connectivity index (χ2v) is 7.58. The van der Waals surface area contributed by atoms with Crippen molar-refractivity contribution in [3.8, 4) is 17.1 Å². The van der Waals surface area contributed by atoms with Gasteiger partial charge in [0.2, 0.25) is 0 Å². The van der Waals surface area contributed by atoms with E-state index in [0.717, 1.165) is 28.8 Å². The van der Waals surface area contributed by atoms with Gasteiger partial charge < -0.3 is 9.30 Å². The number of ketones is 1. The number of methoxy groups -OCH3 is 1. The normalized spacial score (nSPS) is 12.0. The molecular weight excluding hydrogens is 358 g/mol. The Morgan fingerprint density at radius 3 is 2.56 bits per heavy atom. The molecule has 0 saturated carbocycles. The molecule has 0 spiro atoms. The number of hydrogen-bond acceptors (Lipinski definition) is 5. The van der Waals surface area contributed by atoms with Crippen molar-refractivity contribution in [2.24, 2.45) is 0 Å². The largest absolute Gasteiger partial charge is 0.497 e. The lowest BCUT2D eigenvalue weighted by Crippen LogP contribution is -2.14. The van der Waals surface area contributed by atoms with Crippen LogP contribution in [0.1, 0.15) is 29.8 Å². The number of hydrogen-bond donors (Lipinski definition) is 0. The van der Waals surface area contributed by atoms with Crippen LogP contribution in [0, 0.1) is 6.92 Å². The predicted octanol–water partition coefficient (Wildman–Crippen LogP) is 4.65. The highest BCUT2D eigenvalue weighted by Gasteiger charge is 2.21. The maximum atomic E-state index is 12.8. The molecule has 2 aromatic carbocycles. The molecule has 0 radical (unpaired) electrons. The molecule has 0 aliphatic rings. The molecule has 5 nitrogen and oxygen atoms in total. The SMILES string of the molecule is CCn1c(SC(C)C(=O)c2ccc(OC)cc2)nnc1-c1cccc(C)c1. The average molecular weight is 382 g/mol. The van der Waals surface area contributed by atoms with Gasteiger partial charge in [-0.15, -0.1) is 10.2 Å². The van der Waals surface area contributed by atoms with Gasteiger partial charge in [-0.05, 0) is 51.1 Å². The first-order chi connectivity index (χ1) is 13.0. The van der Waals surface area contributed by atoms with Crippen molar-refractivity contribution in [2.75, 3.05) is 7.11 Å². The fourth-order valence-corrected chi connectivity index (χ4v) is 3.85. The Hall–Kier alpha value is -2.60. The van der Waals surface area contributed by atoms with Gasteiger partial charge in [-0.1, -0.05) is 35.5 Å². The molecule has 6 heteroatoms. The summed E-state index contributed by atoms with van der Waals surface area (Å²) in [6.07, 6.45) is 0. The number of aryl methyl sites for hydroxylation is 1. The van der Waals surface area contributed by atoms with Gasteiger partial charge in [-0.3, -0.25) is 4.79 Å². The minimum atomic E-state index is -0.266. The number of aromatic nitrogens is 3. The van der Waals surface area contributed by atoms with Crippen molar-refractivity contribution >= 4 is 17.5 Å². The monoisotopic (exact) mass is 381 g/mol. The average Bonchev–Trinajstić information content (AvgIpc) is 3.10. The molecule has 0 saturated heterocycles. The van der Waals surface area contributed by atoms with Gasteiger partial charge in [-0.25, -0.2) is 0 Å². The Morgan fingerprint density at radius 2 is 1.93 bits per heavy atom. The number of ether oxygens (including phenoxy) is 1. The van der Waals surface area contributed by atoms with E-state index in [-0.39, 0.29) is 11.0 Å². The van der Waals surface area contributed by atoms with Crippen molar-refractivity contribution in [1.29, 1.82) is 0 Å². The molecule has 0 amide bonds. The summed E-state index contributed by atoms with van der Waals surface area (Å²) in [6.45, 7) is 6.75. The Morgan fingerprint density at radius 1 is 1.19 bits per heavy atom. The second-order valence-electron chi connectivity index (χ2n) is 6.27. The van der Waals surface area contributed by atoms with Crippen molar-refractivity contribution in [1.82, 2.24) is 14.8 Å². The molecule has 0 aliphatic carbocycles. The smallest absolute Gasteiger partial charge is 0.192 e. The van der Waals surface area contributed by atoms with Crippen molar-refractivity contribution in [3.05, 3.63) is 59.7 Å². The van der Waals surface area contributed by atoms with Crippen LogP contribution < -0.4 is 4.74 Å². The van der Waals surface area contributed by atoms with E-state index in [2.05, 4.69) is 40.7 Å². The third-order valence-electron chi connectivity index (χ3n) is 4.34. The fraction of sp³-hybridized carbons (Fsp3) is 0.286. The van der Waals surface area contributed by atoms with E-state index in [0.29, 0.717) is 5.56 Å². The van der Waals surface area contributed by atoms with Crippen molar-refractivity contribution < 1.29 is 9.53 Å². The summed E-state index contributed by atoms with van der Waals surface area (Å²) in [6, 6.07) is 15.4. The lowest BCUT2D eigenvalue weighted by Gasteiger charge is -2.12. The maximum Gasteiger partial charge on any atom is 0.192 e. The molecule has 1 aromatic heterocycles. The van der Waals surface area contributed by atoms with Crippen LogP contribution in [0.25, 0.3) is 11.4 Å². The van der Waals surface area contributed by atoms with Gasteiger partial charge in [0.1, 0.15) is 5.75 Å². The first kappa shape index (κ1) is 19.2. The number of carbonyl (C=O) groups is 1. The lowest BCUT2D eigenvalue weighted by atomic mass is 10.1. The van der Waals surface area contributed by atoms with Crippen LogP contribution in [0.4, 0.5) is 0 Å². The van der Waals surface area contributed by atoms with Gasteiger partial charge in [0.15, 0.2) is 16.8 Å². The van der Waals surface area contributed by atoms with E-state index >= 15 is 0 Å². The van der Waals surface area contributed by atoms with Gasteiger partial charge in [0.25, 0.3) is 0 Å². The molecule has 140 valence electrons. The standard InChI is InChI=1S/C21H23N3O2S/c1-5-24-20(17-8-6-7-14(2)13-17)22-23-21(24)27-15(3)19(25)16-9-11-18(26-4)12-10-16/h6-13,15H,5H2,1-4H3. The molecule has 0 aliphatic heterocycles. The molecule has 1 unspecified atom stereocenters. The highest BCUT2D eigenvalue weighted by Crippen LogP contribution is 2.29. The highest BCUT2D eigenvalue weighted by atomic mass is 32.2. The van der Waals surface area contributed by atoms with Gasteiger partial charge in [0, 0.05) is 17.7 Å². The quantitative estimate of drug-likeness (QED) is 0.441. The number of Topliss-reactive ketones (excluding diaryl/α,β-unsaturated/α-hetero) is 1. The number of rotatable bonds is 7. The van der Waals surface area contributed by atoms with E-state index in [9.17, 15) is 4.79 Å². The zero-order valence-electron chi connectivity index (χ0n) is 16.0. The molecule has 1 atom stereocenters. The van der Waals surface area contributed by atoms with Crippen LogP contribution in [0.3, 0.4) is 0 Å². The molecule has 0 bridgehead atoms. The Balaban J connectivity index is 1.81. The van der Waals surface area contributed by atoms with Crippen LogP contribution in [-0.4, -0.2) is 32.9 Å². The van der Waals surface area contributed by atoms with Gasteiger partial charge in [-0.2, -0.15) is 0 Å². The van der Waals surface area contributed by atoms with Gasteiger partial charge in [0.05, 0.1) is 12.4 Å². The summed E-state index contributed by atoms with van der Waals surface area (Å²) >= 11 is 1.44. The molecule has 27 heavy (non-hydrogen) atoms. The Bertz CT molecular complexity index is 935. The second kappa shape index (κ2) is 8.39. The molecule has 1 heterocycles. The van der Waals surface area contributed by atoms with Crippen LogP contribution >= 0.6 is 11.8 Å². The zero-order chi connectivity index (χ0) is 19.4. The van der Waals surface area contributed by atoms with Crippen molar-refractivity contribution in [3.63, 3.8) is 0 Å². The molecule has 0 N–H and O–H groups in total.